The van der Waals surface area contributed by atoms with Crippen LogP contribution in [0, 0.1) is 5.92 Å². The first kappa shape index (κ1) is 18.5. The summed E-state index contributed by atoms with van der Waals surface area (Å²) in [5, 5.41) is 2.35. The third kappa shape index (κ3) is 7.00. The molecule has 1 atom stereocenters. The lowest BCUT2D eigenvalue weighted by Gasteiger charge is -2.31. The summed E-state index contributed by atoms with van der Waals surface area (Å²) in [5.41, 5.74) is 0. The lowest BCUT2D eigenvalue weighted by molar-refractivity contribution is -0.292. The maximum absolute atomic E-state index is 12.6. The molecule has 2 nitrogen and oxygen atoms in total. The Balaban J connectivity index is 4.91. The third-order valence-electron chi connectivity index (χ3n) is 2.63. The van der Waals surface area contributed by atoms with Gasteiger partial charge in [-0.2, -0.15) is 26.3 Å². The van der Waals surface area contributed by atoms with Gasteiger partial charge in [0, 0.05) is 19.8 Å². The molecular weight excluding hydrogens is 276 g/mol. The molecule has 0 aliphatic rings. The lowest BCUT2D eigenvalue weighted by Crippen LogP contribution is -2.51. The summed E-state index contributed by atoms with van der Waals surface area (Å²) in [5.74, 6) is -3.34. The minimum Gasteiger partial charge on any atom is -0.385 e. The van der Waals surface area contributed by atoms with Gasteiger partial charge in [-0.1, -0.05) is 6.92 Å². The van der Waals surface area contributed by atoms with Crippen molar-refractivity contribution in [3.8, 4) is 0 Å². The van der Waals surface area contributed by atoms with Gasteiger partial charge in [-0.15, -0.1) is 0 Å². The third-order valence-corrected chi connectivity index (χ3v) is 2.63. The molecule has 19 heavy (non-hydrogen) atoms. The number of halogens is 6. The molecule has 0 amide bonds. The number of hydrogen-bond donors (Lipinski definition) is 1. The van der Waals surface area contributed by atoms with E-state index in [1.807, 2.05) is 0 Å². The van der Waals surface area contributed by atoms with Crippen LogP contribution in [0.3, 0.4) is 0 Å². The van der Waals surface area contributed by atoms with Gasteiger partial charge in [0.2, 0.25) is 0 Å². The highest BCUT2D eigenvalue weighted by molar-refractivity contribution is 4.87. The van der Waals surface area contributed by atoms with Crippen molar-refractivity contribution in [2.45, 2.75) is 44.6 Å². The van der Waals surface area contributed by atoms with E-state index in [-0.39, 0.29) is 26.0 Å². The molecule has 1 unspecified atom stereocenters. The fourth-order valence-corrected chi connectivity index (χ4v) is 1.81. The summed E-state index contributed by atoms with van der Waals surface area (Å²) in [6.45, 7) is 1.92. The summed E-state index contributed by atoms with van der Waals surface area (Å²) < 4.78 is 80.3. The number of rotatable bonds is 8. The maximum atomic E-state index is 12.6. The summed E-state index contributed by atoms with van der Waals surface area (Å²) in [7, 11) is 1.35. The van der Waals surface area contributed by atoms with Crippen molar-refractivity contribution in [1.29, 1.82) is 0 Å². The van der Waals surface area contributed by atoms with E-state index in [4.69, 9.17) is 0 Å². The summed E-state index contributed by atoms with van der Waals surface area (Å²) >= 11 is 0. The van der Waals surface area contributed by atoms with E-state index in [0.29, 0.717) is 6.42 Å². The Morgan fingerprint density at radius 3 is 1.95 bits per heavy atom. The molecule has 0 aromatic carbocycles. The van der Waals surface area contributed by atoms with Gasteiger partial charge in [-0.25, -0.2) is 0 Å². The van der Waals surface area contributed by atoms with E-state index < -0.39 is 24.3 Å². The second-order valence-electron chi connectivity index (χ2n) is 4.26. The van der Waals surface area contributed by atoms with Gasteiger partial charge in [0.05, 0.1) is 0 Å². The molecule has 0 spiro atoms. The minimum absolute atomic E-state index is 0.111. The van der Waals surface area contributed by atoms with Crippen molar-refractivity contribution in [3.05, 3.63) is 0 Å². The molecule has 1 N–H and O–H groups in total. The molecule has 0 saturated heterocycles. The van der Waals surface area contributed by atoms with Gasteiger partial charge >= 0.3 is 12.4 Å². The number of hydrogen-bond acceptors (Lipinski definition) is 2. The molecule has 8 heteroatoms. The Hall–Kier alpha value is -0.500. The first-order chi connectivity index (χ1) is 8.64. The van der Waals surface area contributed by atoms with E-state index in [0.717, 1.165) is 0 Å². The maximum Gasteiger partial charge on any atom is 0.401 e. The van der Waals surface area contributed by atoms with Crippen LogP contribution in [0.25, 0.3) is 0 Å². The van der Waals surface area contributed by atoms with Gasteiger partial charge in [-0.05, 0) is 25.8 Å². The van der Waals surface area contributed by atoms with Crippen LogP contribution < -0.4 is 5.32 Å². The smallest absolute Gasteiger partial charge is 0.385 e. The lowest BCUT2D eigenvalue weighted by atomic mass is 9.94. The zero-order valence-electron chi connectivity index (χ0n) is 10.9. The molecule has 0 saturated carbocycles. The minimum atomic E-state index is -5.31. The van der Waals surface area contributed by atoms with Crippen molar-refractivity contribution >= 4 is 0 Å². The van der Waals surface area contributed by atoms with Crippen LogP contribution in [0.5, 0.6) is 0 Å². The van der Waals surface area contributed by atoms with Crippen LogP contribution in [-0.4, -0.2) is 38.7 Å². The quantitative estimate of drug-likeness (QED) is 0.546. The zero-order chi connectivity index (χ0) is 15.1. The highest BCUT2D eigenvalue weighted by atomic mass is 19.4. The van der Waals surface area contributed by atoms with E-state index in [1.54, 1.807) is 6.92 Å². The molecule has 0 aromatic heterocycles. The van der Waals surface area contributed by atoms with Crippen LogP contribution in [0.2, 0.25) is 0 Å². The SMILES string of the molecule is CCCNC(CCCOC)C(C(F)(F)F)C(F)(F)F. The molecule has 0 rings (SSSR count). The Morgan fingerprint density at radius 2 is 1.58 bits per heavy atom. The topological polar surface area (TPSA) is 21.3 Å². The van der Waals surface area contributed by atoms with Crippen molar-refractivity contribution in [1.82, 2.24) is 5.32 Å². The van der Waals surface area contributed by atoms with Crippen molar-refractivity contribution in [2.75, 3.05) is 20.3 Å². The van der Waals surface area contributed by atoms with Crippen LogP contribution in [0.4, 0.5) is 26.3 Å². The molecule has 0 bridgehead atoms. The fraction of sp³-hybridized carbons (Fsp3) is 1.00. The fourth-order valence-electron chi connectivity index (χ4n) is 1.81. The molecule has 0 aliphatic carbocycles. The molecule has 0 aliphatic heterocycles. The second-order valence-corrected chi connectivity index (χ2v) is 4.26. The van der Waals surface area contributed by atoms with Gasteiger partial charge in [0.1, 0.15) is 0 Å². The first-order valence-electron chi connectivity index (χ1n) is 6.00. The average Bonchev–Trinajstić information content (AvgIpc) is 2.21. The number of nitrogens with one attached hydrogen (secondary N) is 1. The molecule has 116 valence electrons. The average molecular weight is 295 g/mol. The molecule has 0 radical (unpaired) electrons. The van der Waals surface area contributed by atoms with Crippen LogP contribution in [0.15, 0.2) is 0 Å². The Labute approximate surface area is 108 Å². The predicted molar refractivity (Wildman–Crippen MR) is 58.8 cm³/mol. The summed E-state index contributed by atoms with van der Waals surface area (Å²) in [4.78, 5) is 0. The van der Waals surface area contributed by atoms with E-state index in [2.05, 4.69) is 10.1 Å². The number of alkyl halides is 6. The molecule has 0 fully saturated rings. The van der Waals surface area contributed by atoms with Crippen LogP contribution in [0.1, 0.15) is 26.2 Å². The van der Waals surface area contributed by atoms with Crippen molar-refractivity contribution in [3.63, 3.8) is 0 Å². The summed E-state index contributed by atoms with van der Waals surface area (Å²) in [6, 6.07) is -1.67. The van der Waals surface area contributed by atoms with Gasteiger partial charge in [-0.3, -0.25) is 0 Å². The summed E-state index contributed by atoms with van der Waals surface area (Å²) in [6.07, 6.45) is -10.3. The van der Waals surface area contributed by atoms with E-state index in [1.165, 1.54) is 7.11 Å². The normalized spacial score (nSPS) is 15.0. The zero-order valence-corrected chi connectivity index (χ0v) is 10.9. The van der Waals surface area contributed by atoms with Gasteiger partial charge < -0.3 is 10.1 Å². The molecular formula is C11H19F6NO. The van der Waals surface area contributed by atoms with Crippen molar-refractivity contribution in [2.24, 2.45) is 5.92 Å². The monoisotopic (exact) mass is 295 g/mol. The van der Waals surface area contributed by atoms with Crippen LogP contribution in [-0.2, 0) is 4.74 Å². The Bertz CT molecular complexity index is 226. The largest absolute Gasteiger partial charge is 0.401 e. The predicted octanol–water partition coefficient (Wildman–Crippen LogP) is 3.52. The first-order valence-corrected chi connectivity index (χ1v) is 6.00. The number of methoxy groups -OCH3 is 1. The van der Waals surface area contributed by atoms with E-state index >= 15 is 0 Å². The van der Waals surface area contributed by atoms with Crippen LogP contribution >= 0.6 is 0 Å². The highest BCUT2D eigenvalue weighted by Crippen LogP contribution is 2.42. The van der Waals surface area contributed by atoms with Gasteiger partial charge in [0.25, 0.3) is 0 Å². The van der Waals surface area contributed by atoms with Gasteiger partial charge in [0.15, 0.2) is 5.92 Å². The molecule has 0 aromatic rings. The Kier molecular flexibility index (Phi) is 7.73. The highest BCUT2D eigenvalue weighted by Gasteiger charge is 2.59. The molecule has 0 heterocycles. The van der Waals surface area contributed by atoms with Crippen molar-refractivity contribution < 1.29 is 31.1 Å². The number of ether oxygens (including phenoxy) is 1. The second kappa shape index (κ2) is 7.94. The van der Waals surface area contributed by atoms with E-state index in [9.17, 15) is 26.3 Å². The standard InChI is InChI=1S/C11H19F6NO/c1-3-6-18-8(5-4-7-19-2)9(10(12,13)14)11(15,16)17/h8-9,18H,3-7H2,1-2H3. The Morgan fingerprint density at radius 1 is 1.05 bits per heavy atom.